The standard InChI is InChI=1S/C10H21NO/c1-2-3-4-7-11-8-5-6-10(11)9-12/h10,12H,2-9H2,1H3. The van der Waals surface area contributed by atoms with Crippen molar-refractivity contribution in [2.24, 2.45) is 0 Å². The maximum Gasteiger partial charge on any atom is 0.0586 e. The van der Waals surface area contributed by atoms with Crippen molar-refractivity contribution < 1.29 is 5.11 Å². The second-order valence-electron chi connectivity index (χ2n) is 3.72. The van der Waals surface area contributed by atoms with Gasteiger partial charge in [0.1, 0.15) is 0 Å². The molecule has 2 nitrogen and oxygen atoms in total. The molecule has 72 valence electrons. The highest BCUT2D eigenvalue weighted by atomic mass is 16.3. The maximum absolute atomic E-state index is 9.05. The molecule has 1 unspecified atom stereocenters. The highest BCUT2D eigenvalue weighted by Crippen LogP contribution is 2.16. The van der Waals surface area contributed by atoms with E-state index in [4.69, 9.17) is 5.11 Å². The zero-order valence-electron chi connectivity index (χ0n) is 8.13. The molecular weight excluding hydrogens is 150 g/mol. The molecule has 1 saturated heterocycles. The number of nitrogens with zero attached hydrogens (tertiary/aromatic N) is 1. The molecule has 2 heteroatoms. The van der Waals surface area contributed by atoms with E-state index < -0.39 is 0 Å². The van der Waals surface area contributed by atoms with Gasteiger partial charge in [-0.1, -0.05) is 19.8 Å². The van der Waals surface area contributed by atoms with Gasteiger partial charge in [-0.25, -0.2) is 0 Å². The molecular formula is C10H21NO. The van der Waals surface area contributed by atoms with Gasteiger partial charge in [-0.05, 0) is 32.4 Å². The summed E-state index contributed by atoms with van der Waals surface area (Å²) < 4.78 is 0. The average Bonchev–Trinajstić information content (AvgIpc) is 2.52. The summed E-state index contributed by atoms with van der Waals surface area (Å²) in [5, 5.41) is 9.05. The molecule has 1 fully saturated rings. The molecule has 1 atom stereocenters. The fraction of sp³-hybridized carbons (Fsp3) is 1.00. The van der Waals surface area contributed by atoms with E-state index in [1.54, 1.807) is 0 Å². The van der Waals surface area contributed by atoms with Crippen LogP contribution in [0.5, 0.6) is 0 Å². The molecule has 12 heavy (non-hydrogen) atoms. The average molecular weight is 171 g/mol. The summed E-state index contributed by atoms with van der Waals surface area (Å²) in [6.07, 6.45) is 6.39. The van der Waals surface area contributed by atoms with Crippen LogP contribution in [0.4, 0.5) is 0 Å². The quantitative estimate of drug-likeness (QED) is 0.636. The molecule has 0 saturated carbocycles. The number of rotatable bonds is 5. The zero-order valence-corrected chi connectivity index (χ0v) is 8.13. The van der Waals surface area contributed by atoms with Crippen LogP contribution < -0.4 is 0 Å². The van der Waals surface area contributed by atoms with Gasteiger partial charge in [0.05, 0.1) is 6.61 Å². The van der Waals surface area contributed by atoms with Crippen LogP contribution in [0.3, 0.4) is 0 Å². The van der Waals surface area contributed by atoms with E-state index in [1.165, 1.54) is 45.2 Å². The van der Waals surface area contributed by atoms with Crippen LogP contribution in [0.15, 0.2) is 0 Å². The Kier molecular flexibility index (Phi) is 4.62. The van der Waals surface area contributed by atoms with E-state index in [0.717, 1.165) is 0 Å². The lowest BCUT2D eigenvalue weighted by Gasteiger charge is -2.22. The fourth-order valence-corrected chi connectivity index (χ4v) is 1.96. The molecule has 1 aliphatic rings. The van der Waals surface area contributed by atoms with Crippen molar-refractivity contribution in [1.82, 2.24) is 4.90 Å². The van der Waals surface area contributed by atoms with Crippen molar-refractivity contribution in [3.05, 3.63) is 0 Å². The second-order valence-corrected chi connectivity index (χ2v) is 3.72. The van der Waals surface area contributed by atoms with Gasteiger partial charge in [-0.15, -0.1) is 0 Å². The number of hydrogen-bond acceptors (Lipinski definition) is 2. The fourth-order valence-electron chi connectivity index (χ4n) is 1.96. The number of aliphatic hydroxyl groups excluding tert-OH is 1. The molecule has 1 N–H and O–H groups in total. The highest BCUT2D eigenvalue weighted by molar-refractivity contribution is 4.77. The van der Waals surface area contributed by atoms with E-state index in [1.807, 2.05) is 0 Å². The predicted molar refractivity (Wildman–Crippen MR) is 51.2 cm³/mol. The first-order valence-corrected chi connectivity index (χ1v) is 5.23. The van der Waals surface area contributed by atoms with E-state index in [9.17, 15) is 0 Å². The van der Waals surface area contributed by atoms with Crippen LogP contribution in [0.1, 0.15) is 39.0 Å². The minimum atomic E-state index is 0.353. The van der Waals surface area contributed by atoms with Gasteiger partial charge in [0.2, 0.25) is 0 Å². The Morgan fingerprint density at radius 1 is 1.42 bits per heavy atom. The number of aliphatic hydroxyl groups is 1. The van der Waals surface area contributed by atoms with Gasteiger partial charge >= 0.3 is 0 Å². The van der Waals surface area contributed by atoms with Crippen LogP contribution in [-0.4, -0.2) is 35.7 Å². The third-order valence-electron chi connectivity index (χ3n) is 2.76. The predicted octanol–water partition coefficient (Wildman–Crippen LogP) is 1.63. The van der Waals surface area contributed by atoms with Crippen LogP contribution in [0.25, 0.3) is 0 Å². The molecule has 0 amide bonds. The summed E-state index contributed by atoms with van der Waals surface area (Å²) >= 11 is 0. The van der Waals surface area contributed by atoms with Crippen molar-refractivity contribution in [2.75, 3.05) is 19.7 Å². The minimum absolute atomic E-state index is 0.353. The second kappa shape index (κ2) is 5.55. The molecule has 0 aromatic carbocycles. The SMILES string of the molecule is CCCCCN1CCCC1CO. The van der Waals surface area contributed by atoms with Crippen LogP contribution in [0.2, 0.25) is 0 Å². The summed E-state index contributed by atoms with van der Waals surface area (Å²) in [5.74, 6) is 0. The summed E-state index contributed by atoms with van der Waals surface area (Å²) in [5.41, 5.74) is 0. The Morgan fingerprint density at radius 3 is 2.92 bits per heavy atom. The lowest BCUT2D eigenvalue weighted by atomic mass is 10.2. The van der Waals surface area contributed by atoms with Gasteiger partial charge in [0.15, 0.2) is 0 Å². The number of hydrogen-bond donors (Lipinski definition) is 1. The molecule has 0 spiro atoms. The summed E-state index contributed by atoms with van der Waals surface area (Å²) in [4.78, 5) is 2.44. The van der Waals surface area contributed by atoms with Gasteiger partial charge < -0.3 is 5.11 Å². The van der Waals surface area contributed by atoms with Crippen molar-refractivity contribution in [3.63, 3.8) is 0 Å². The molecule has 0 aromatic rings. The molecule has 0 aliphatic carbocycles. The Labute approximate surface area is 75.6 Å². The Hall–Kier alpha value is -0.0800. The molecule has 0 bridgehead atoms. The molecule has 0 aromatic heterocycles. The monoisotopic (exact) mass is 171 g/mol. The number of likely N-dealkylation sites (tertiary alicyclic amines) is 1. The first-order valence-electron chi connectivity index (χ1n) is 5.23. The molecule has 1 aliphatic heterocycles. The molecule has 1 rings (SSSR count). The Morgan fingerprint density at radius 2 is 2.25 bits per heavy atom. The summed E-state index contributed by atoms with van der Waals surface area (Å²) in [6.45, 7) is 4.98. The number of unbranched alkanes of at least 4 members (excludes halogenated alkanes) is 2. The van der Waals surface area contributed by atoms with Gasteiger partial charge in [0.25, 0.3) is 0 Å². The molecule has 1 heterocycles. The lowest BCUT2D eigenvalue weighted by Crippen LogP contribution is -2.32. The Bertz CT molecular complexity index is 116. The lowest BCUT2D eigenvalue weighted by molar-refractivity contribution is 0.157. The van der Waals surface area contributed by atoms with E-state index in [0.29, 0.717) is 12.6 Å². The summed E-state index contributed by atoms with van der Waals surface area (Å²) in [7, 11) is 0. The normalized spacial score (nSPS) is 25.0. The van der Waals surface area contributed by atoms with E-state index >= 15 is 0 Å². The van der Waals surface area contributed by atoms with Crippen LogP contribution in [0, 0.1) is 0 Å². The van der Waals surface area contributed by atoms with Gasteiger partial charge in [0, 0.05) is 6.04 Å². The first kappa shape index (κ1) is 10.0. The minimum Gasteiger partial charge on any atom is -0.395 e. The van der Waals surface area contributed by atoms with E-state index in [2.05, 4.69) is 11.8 Å². The maximum atomic E-state index is 9.05. The van der Waals surface area contributed by atoms with Crippen LogP contribution in [-0.2, 0) is 0 Å². The topological polar surface area (TPSA) is 23.5 Å². The van der Waals surface area contributed by atoms with Crippen LogP contribution >= 0.6 is 0 Å². The van der Waals surface area contributed by atoms with Crippen molar-refractivity contribution in [1.29, 1.82) is 0 Å². The third-order valence-corrected chi connectivity index (χ3v) is 2.76. The summed E-state index contributed by atoms with van der Waals surface area (Å²) in [6, 6.07) is 0.474. The largest absolute Gasteiger partial charge is 0.395 e. The Balaban J connectivity index is 2.12. The van der Waals surface area contributed by atoms with Crippen molar-refractivity contribution in [2.45, 2.75) is 45.1 Å². The smallest absolute Gasteiger partial charge is 0.0586 e. The van der Waals surface area contributed by atoms with E-state index in [-0.39, 0.29) is 0 Å². The zero-order chi connectivity index (χ0) is 8.81. The highest BCUT2D eigenvalue weighted by Gasteiger charge is 2.22. The van der Waals surface area contributed by atoms with Gasteiger partial charge in [-0.2, -0.15) is 0 Å². The third kappa shape index (κ3) is 2.76. The first-order chi connectivity index (χ1) is 5.88. The van der Waals surface area contributed by atoms with Crippen molar-refractivity contribution in [3.8, 4) is 0 Å². The van der Waals surface area contributed by atoms with Gasteiger partial charge in [-0.3, -0.25) is 4.90 Å². The molecule has 0 radical (unpaired) electrons. The van der Waals surface area contributed by atoms with Crippen molar-refractivity contribution >= 4 is 0 Å².